The zero-order chi connectivity index (χ0) is 22.8. The van der Waals surface area contributed by atoms with Crippen molar-refractivity contribution in [2.45, 2.75) is 59.8 Å². The number of rotatable bonds is 6. The Balaban J connectivity index is 2.01. The third kappa shape index (κ3) is 5.33. The maximum absolute atomic E-state index is 12.9. The summed E-state index contributed by atoms with van der Waals surface area (Å²) in [6.45, 7) is 9.12. The van der Waals surface area contributed by atoms with Gasteiger partial charge in [0.2, 0.25) is 5.88 Å². The first kappa shape index (κ1) is 23.4. The number of H-pyrrole nitrogens is 2. The molecule has 0 radical (unpaired) electrons. The molecule has 0 aliphatic heterocycles. The molecule has 0 aromatic carbocycles. The Morgan fingerprint density at radius 3 is 2.77 bits per heavy atom. The Morgan fingerprint density at radius 2 is 2.13 bits per heavy atom. The lowest BCUT2D eigenvalue weighted by Crippen LogP contribution is -2.26. The second-order valence-corrected chi connectivity index (χ2v) is 10.4. The smallest absolute Gasteiger partial charge is 0.341 e. The second-order valence-electron chi connectivity index (χ2n) is 8.91. The van der Waals surface area contributed by atoms with E-state index in [-0.39, 0.29) is 27.6 Å². The molecule has 2 aromatic heterocycles. The van der Waals surface area contributed by atoms with Crippen LogP contribution in [-0.2, 0) is 17.6 Å². The predicted octanol–water partition coefficient (Wildman–Crippen LogP) is 5.06. The van der Waals surface area contributed by atoms with Gasteiger partial charge in [0.15, 0.2) is 4.77 Å². The number of hydrogen-bond acceptors (Lipinski definition) is 7. The van der Waals surface area contributed by atoms with Crippen molar-refractivity contribution in [1.29, 1.82) is 0 Å². The van der Waals surface area contributed by atoms with Gasteiger partial charge in [0.05, 0.1) is 12.2 Å². The summed E-state index contributed by atoms with van der Waals surface area (Å²) in [5, 5.41) is 10.5. The van der Waals surface area contributed by atoms with Crippen molar-refractivity contribution in [3.63, 3.8) is 0 Å². The number of nitrogens with zero attached hydrogens (tertiary/aromatic N) is 1. The maximum atomic E-state index is 12.9. The highest BCUT2D eigenvalue weighted by Gasteiger charge is 2.34. The average Bonchev–Trinajstić information content (AvgIpc) is 3.04. The highest BCUT2D eigenvalue weighted by molar-refractivity contribution is 7.71. The lowest BCUT2D eigenvalue weighted by molar-refractivity contribution is 0.0499. The molecular formula is C22H29N3O4S2. The Labute approximate surface area is 190 Å². The summed E-state index contributed by atoms with van der Waals surface area (Å²) in [5.74, 6) is -0.225. The van der Waals surface area contributed by atoms with E-state index in [9.17, 15) is 14.7 Å². The number of ether oxygens (including phenoxy) is 1. The van der Waals surface area contributed by atoms with Gasteiger partial charge in [0.1, 0.15) is 10.6 Å². The van der Waals surface area contributed by atoms with Crippen molar-refractivity contribution in [2.75, 3.05) is 6.61 Å². The number of carbonyl (C=O) groups is 1. The van der Waals surface area contributed by atoms with Gasteiger partial charge < -0.3 is 14.8 Å². The van der Waals surface area contributed by atoms with Crippen molar-refractivity contribution in [3.8, 4) is 5.88 Å². The zero-order valence-electron chi connectivity index (χ0n) is 18.3. The molecule has 1 aliphatic rings. The molecule has 0 saturated carbocycles. The van der Waals surface area contributed by atoms with Crippen molar-refractivity contribution in [3.05, 3.63) is 36.7 Å². The normalized spacial score (nSPS) is 16.5. The first-order valence-electron chi connectivity index (χ1n) is 10.5. The van der Waals surface area contributed by atoms with Crippen LogP contribution in [0.4, 0.5) is 5.00 Å². The third-order valence-corrected chi connectivity index (χ3v) is 7.04. The Hall–Kier alpha value is -2.26. The molecule has 0 spiro atoms. The van der Waals surface area contributed by atoms with Crippen LogP contribution in [0.2, 0.25) is 0 Å². The van der Waals surface area contributed by atoms with Crippen LogP contribution in [0.15, 0.2) is 9.79 Å². The fourth-order valence-electron chi connectivity index (χ4n) is 3.72. The van der Waals surface area contributed by atoms with Gasteiger partial charge in [-0.3, -0.25) is 9.78 Å². The first-order valence-corrected chi connectivity index (χ1v) is 11.8. The number of thiophene rings is 1. The number of aromatic amines is 2. The molecular weight excluding hydrogens is 434 g/mol. The number of fused-ring (bicyclic) bond motifs is 1. The second kappa shape index (κ2) is 9.48. The van der Waals surface area contributed by atoms with Crippen LogP contribution in [0, 0.1) is 16.1 Å². The Kier molecular flexibility index (Phi) is 7.16. The molecule has 31 heavy (non-hydrogen) atoms. The lowest BCUT2D eigenvalue weighted by atomic mass is 9.72. The summed E-state index contributed by atoms with van der Waals surface area (Å²) >= 11 is 6.31. The fourth-order valence-corrected chi connectivity index (χ4v) is 5.17. The molecule has 1 unspecified atom stereocenters. The highest BCUT2D eigenvalue weighted by atomic mass is 32.1. The number of esters is 1. The summed E-state index contributed by atoms with van der Waals surface area (Å²) in [4.78, 5) is 35.5. The van der Waals surface area contributed by atoms with Crippen LogP contribution in [0.1, 0.15) is 73.3 Å². The summed E-state index contributed by atoms with van der Waals surface area (Å²) in [6.07, 6.45) is 5.69. The molecule has 3 rings (SSSR count). The minimum absolute atomic E-state index is 0.0275. The van der Waals surface area contributed by atoms with E-state index < -0.39 is 5.56 Å². The van der Waals surface area contributed by atoms with E-state index in [0.717, 1.165) is 42.5 Å². The molecule has 0 amide bonds. The zero-order valence-corrected chi connectivity index (χ0v) is 20.0. The minimum atomic E-state index is -0.550. The van der Waals surface area contributed by atoms with Crippen LogP contribution in [-0.4, -0.2) is 33.9 Å². The summed E-state index contributed by atoms with van der Waals surface area (Å²) in [6, 6.07) is 0. The van der Waals surface area contributed by atoms with E-state index in [2.05, 4.69) is 35.7 Å². The SMILES string of the molecule is CCCCOC(=O)c1c(N=Cc2c(O)[nH]c(=S)[nH]c2=O)sc2c1CCC(C(C)(C)C)C2. The average molecular weight is 464 g/mol. The van der Waals surface area contributed by atoms with Gasteiger partial charge in [-0.1, -0.05) is 34.1 Å². The molecule has 0 saturated heterocycles. The van der Waals surface area contributed by atoms with Crippen molar-refractivity contribution in [2.24, 2.45) is 16.3 Å². The molecule has 0 bridgehead atoms. The number of aromatic nitrogens is 2. The predicted molar refractivity (Wildman–Crippen MR) is 126 cm³/mol. The van der Waals surface area contributed by atoms with E-state index in [0.29, 0.717) is 23.1 Å². The monoisotopic (exact) mass is 463 g/mol. The molecule has 9 heteroatoms. The van der Waals surface area contributed by atoms with Gasteiger partial charge in [-0.25, -0.2) is 9.79 Å². The van der Waals surface area contributed by atoms with Gasteiger partial charge in [-0.15, -0.1) is 11.3 Å². The van der Waals surface area contributed by atoms with Gasteiger partial charge in [0.25, 0.3) is 5.56 Å². The minimum Gasteiger partial charge on any atom is -0.494 e. The van der Waals surface area contributed by atoms with Gasteiger partial charge in [-0.05, 0) is 54.8 Å². The van der Waals surface area contributed by atoms with Gasteiger partial charge in [0, 0.05) is 11.1 Å². The van der Waals surface area contributed by atoms with Gasteiger partial charge in [-0.2, -0.15) is 0 Å². The number of nitrogens with one attached hydrogen (secondary N) is 2. The van der Waals surface area contributed by atoms with Crippen LogP contribution in [0.25, 0.3) is 0 Å². The molecule has 1 atom stereocenters. The summed E-state index contributed by atoms with van der Waals surface area (Å²) in [5.41, 5.74) is 1.07. The Bertz CT molecular complexity index is 1110. The number of aromatic hydroxyl groups is 1. The molecule has 2 heterocycles. The number of carbonyl (C=O) groups excluding carboxylic acids is 1. The number of aliphatic imine (C=N–C) groups is 1. The maximum Gasteiger partial charge on any atom is 0.341 e. The van der Waals surface area contributed by atoms with E-state index in [1.807, 2.05) is 6.92 Å². The van der Waals surface area contributed by atoms with Crippen molar-refractivity contribution < 1.29 is 14.6 Å². The van der Waals surface area contributed by atoms with E-state index in [4.69, 9.17) is 17.0 Å². The molecule has 1 aliphatic carbocycles. The highest BCUT2D eigenvalue weighted by Crippen LogP contribution is 2.45. The first-order chi connectivity index (χ1) is 14.6. The Morgan fingerprint density at radius 1 is 1.39 bits per heavy atom. The number of unbranched alkanes of at least 4 members (excludes halogenated alkanes) is 1. The third-order valence-electron chi connectivity index (χ3n) is 5.68. The van der Waals surface area contributed by atoms with E-state index in [1.54, 1.807) is 0 Å². The van der Waals surface area contributed by atoms with E-state index in [1.165, 1.54) is 17.6 Å². The van der Waals surface area contributed by atoms with Crippen molar-refractivity contribution >= 4 is 40.7 Å². The van der Waals surface area contributed by atoms with Crippen LogP contribution >= 0.6 is 23.6 Å². The standard InChI is InChI=1S/C22H29N3O4S2/c1-5-6-9-29-20(28)16-13-8-7-12(22(2,3)4)10-15(13)31-19(16)23-11-14-17(26)24-21(30)25-18(14)27/h11-12H,5-10H2,1-4H3,(H3,24,25,26,27,30). The largest absolute Gasteiger partial charge is 0.494 e. The van der Waals surface area contributed by atoms with Crippen LogP contribution in [0.5, 0.6) is 5.88 Å². The summed E-state index contributed by atoms with van der Waals surface area (Å²) in [7, 11) is 0. The molecule has 2 aromatic rings. The van der Waals surface area contributed by atoms with Gasteiger partial charge >= 0.3 is 5.97 Å². The van der Waals surface area contributed by atoms with Crippen molar-refractivity contribution in [1.82, 2.24) is 9.97 Å². The topological polar surface area (TPSA) is 108 Å². The fraction of sp³-hybridized carbons (Fsp3) is 0.545. The van der Waals surface area contributed by atoms with Crippen LogP contribution in [0.3, 0.4) is 0 Å². The molecule has 7 nitrogen and oxygen atoms in total. The van der Waals surface area contributed by atoms with E-state index >= 15 is 0 Å². The lowest BCUT2D eigenvalue weighted by Gasteiger charge is -2.33. The molecule has 3 N–H and O–H groups in total. The summed E-state index contributed by atoms with van der Waals surface area (Å²) < 4.78 is 5.53. The quantitative estimate of drug-likeness (QED) is 0.240. The molecule has 168 valence electrons. The molecule has 0 fully saturated rings. The van der Waals surface area contributed by atoms with Crippen LogP contribution < -0.4 is 5.56 Å². The number of hydrogen-bond donors (Lipinski definition) is 3.